The molecule has 0 aromatic carbocycles. The van der Waals surface area contributed by atoms with E-state index in [2.05, 4.69) is 10.5 Å². The van der Waals surface area contributed by atoms with Crippen LogP contribution in [0, 0.1) is 13.8 Å². The molecule has 0 saturated carbocycles. The second-order valence-electron chi connectivity index (χ2n) is 4.43. The third kappa shape index (κ3) is 3.45. The summed E-state index contributed by atoms with van der Waals surface area (Å²) in [6, 6.07) is 3.67. The fraction of sp³-hybridized carbons (Fsp3) is 0.200. The van der Waals surface area contributed by atoms with Gasteiger partial charge in [-0.1, -0.05) is 0 Å². The van der Waals surface area contributed by atoms with Crippen LogP contribution in [0.4, 0.5) is 0 Å². The van der Waals surface area contributed by atoms with E-state index in [1.807, 2.05) is 44.4 Å². The predicted octanol–water partition coefficient (Wildman–Crippen LogP) is 3.78. The van der Waals surface area contributed by atoms with Crippen LogP contribution in [0.15, 0.2) is 38.9 Å². The molecule has 0 atom stereocenters. The number of allylic oxidation sites excluding steroid dienone is 1. The SMILES string of the molecule is CC(/C=N\NC(=O)c1csc(C)c1C)=C\c1ccco1. The van der Waals surface area contributed by atoms with Crippen molar-refractivity contribution in [1.29, 1.82) is 0 Å². The monoisotopic (exact) mass is 288 g/mol. The first kappa shape index (κ1) is 14.3. The molecular formula is C15H16N2O2S. The number of hydrogen-bond acceptors (Lipinski definition) is 4. The van der Waals surface area contributed by atoms with Gasteiger partial charge in [-0.05, 0) is 50.1 Å². The molecule has 0 bridgehead atoms. The number of hydrazone groups is 1. The van der Waals surface area contributed by atoms with Crippen molar-refractivity contribution in [3.8, 4) is 0 Å². The number of carbonyl (C=O) groups excluding carboxylic acids is 1. The van der Waals surface area contributed by atoms with Crippen molar-refractivity contribution in [2.24, 2.45) is 5.10 Å². The molecule has 2 heterocycles. The molecule has 0 radical (unpaired) electrons. The molecule has 104 valence electrons. The Morgan fingerprint density at radius 1 is 1.45 bits per heavy atom. The van der Waals surface area contributed by atoms with Crippen molar-refractivity contribution >= 4 is 29.5 Å². The summed E-state index contributed by atoms with van der Waals surface area (Å²) >= 11 is 1.57. The summed E-state index contributed by atoms with van der Waals surface area (Å²) in [5, 5.41) is 5.80. The number of rotatable bonds is 4. The molecule has 20 heavy (non-hydrogen) atoms. The van der Waals surface area contributed by atoms with Crippen LogP contribution in [0.3, 0.4) is 0 Å². The lowest BCUT2D eigenvalue weighted by molar-refractivity contribution is 0.0955. The summed E-state index contributed by atoms with van der Waals surface area (Å²) in [7, 11) is 0. The minimum Gasteiger partial charge on any atom is -0.465 e. The van der Waals surface area contributed by atoms with Gasteiger partial charge in [0, 0.05) is 10.3 Å². The van der Waals surface area contributed by atoms with E-state index in [-0.39, 0.29) is 5.91 Å². The normalized spacial score (nSPS) is 12.1. The zero-order valence-corrected chi connectivity index (χ0v) is 12.5. The van der Waals surface area contributed by atoms with Crippen LogP contribution in [0.1, 0.15) is 33.5 Å². The average Bonchev–Trinajstić information content (AvgIpc) is 3.01. The number of nitrogens with one attached hydrogen (secondary N) is 1. The van der Waals surface area contributed by atoms with Crippen LogP contribution in [0.5, 0.6) is 0 Å². The highest BCUT2D eigenvalue weighted by Crippen LogP contribution is 2.20. The molecular weight excluding hydrogens is 272 g/mol. The molecule has 1 N–H and O–H groups in total. The molecule has 4 nitrogen and oxygen atoms in total. The van der Waals surface area contributed by atoms with Crippen molar-refractivity contribution in [1.82, 2.24) is 5.43 Å². The number of amides is 1. The number of carbonyl (C=O) groups is 1. The summed E-state index contributed by atoms with van der Waals surface area (Å²) in [4.78, 5) is 13.1. The molecule has 0 spiro atoms. The molecule has 1 amide bonds. The van der Waals surface area contributed by atoms with Gasteiger partial charge in [0.25, 0.3) is 5.91 Å². The fourth-order valence-electron chi connectivity index (χ4n) is 1.63. The molecule has 0 aliphatic heterocycles. The first-order valence-electron chi connectivity index (χ1n) is 6.18. The Hall–Kier alpha value is -2.14. The van der Waals surface area contributed by atoms with E-state index in [1.54, 1.807) is 23.8 Å². The van der Waals surface area contributed by atoms with Gasteiger partial charge in [-0.3, -0.25) is 4.79 Å². The van der Waals surface area contributed by atoms with Crippen molar-refractivity contribution in [2.45, 2.75) is 20.8 Å². The van der Waals surface area contributed by atoms with Crippen molar-refractivity contribution in [2.75, 3.05) is 0 Å². The van der Waals surface area contributed by atoms with Crippen LogP contribution < -0.4 is 5.43 Å². The second-order valence-corrected chi connectivity index (χ2v) is 5.52. The molecule has 5 heteroatoms. The van der Waals surface area contributed by atoms with Gasteiger partial charge < -0.3 is 4.42 Å². The quantitative estimate of drug-likeness (QED) is 0.687. The number of thiophene rings is 1. The van der Waals surface area contributed by atoms with Crippen LogP contribution in [0.2, 0.25) is 0 Å². The van der Waals surface area contributed by atoms with Crippen molar-refractivity contribution in [3.05, 3.63) is 51.1 Å². The van der Waals surface area contributed by atoms with E-state index in [0.717, 1.165) is 21.8 Å². The largest absolute Gasteiger partial charge is 0.465 e. The van der Waals surface area contributed by atoms with Crippen LogP contribution in [-0.4, -0.2) is 12.1 Å². The Morgan fingerprint density at radius 2 is 2.25 bits per heavy atom. The highest BCUT2D eigenvalue weighted by molar-refractivity contribution is 7.10. The van der Waals surface area contributed by atoms with Crippen LogP contribution >= 0.6 is 11.3 Å². The Kier molecular flexibility index (Phi) is 4.53. The molecule has 0 aliphatic rings. The van der Waals surface area contributed by atoms with Crippen molar-refractivity contribution in [3.63, 3.8) is 0 Å². The Morgan fingerprint density at radius 3 is 2.85 bits per heavy atom. The van der Waals surface area contributed by atoms with Crippen LogP contribution in [0.25, 0.3) is 6.08 Å². The number of aryl methyl sites for hydroxylation is 1. The third-order valence-corrected chi connectivity index (χ3v) is 3.89. The van der Waals surface area contributed by atoms with E-state index >= 15 is 0 Å². The Balaban J connectivity index is 1.96. The molecule has 2 rings (SSSR count). The molecule has 0 unspecified atom stereocenters. The maximum absolute atomic E-state index is 11.9. The third-order valence-electron chi connectivity index (χ3n) is 2.88. The van der Waals surface area contributed by atoms with Gasteiger partial charge in [-0.2, -0.15) is 5.10 Å². The second kappa shape index (κ2) is 6.34. The van der Waals surface area contributed by atoms with Gasteiger partial charge in [0.1, 0.15) is 5.76 Å². The molecule has 2 aromatic heterocycles. The van der Waals surface area contributed by atoms with Gasteiger partial charge in [0.15, 0.2) is 0 Å². The first-order valence-corrected chi connectivity index (χ1v) is 7.06. The Bertz CT molecular complexity index is 651. The van der Waals surface area contributed by atoms with Gasteiger partial charge in [0.2, 0.25) is 0 Å². The lowest BCUT2D eigenvalue weighted by Gasteiger charge is -1.99. The molecule has 0 aliphatic carbocycles. The number of furan rings is 1. The molecule has 2 aromatic rings. The zero-order valence-electron chi connectivity index (χ0n) is 11.6. The van der Waals surface area contributed by atoms with E-state index in [9.17, 15) is 4.79 Å². The van der Waals surface area contributed by atoms with Gasteiger partial charge in [-0.25, -0.2) is 5.43 Å². The number of hydrogen-bond donors (Lipinski definition) is 1. The highest BCUT2D eigenvalue weighted by Gasteiger charge is 2.11. The minimum atomic E-state index is -0.186. The summed E-state index contributed by atoms with van der Waals surface area (Å²) in [6.45, 7) is 5.82. The summed E-state index contributed by atoms with van der Waals surface area (Å²) < 4.78 is 5.20. The zero-order chi connectivity index (χ0) is 14.5. The minimum absolute atomic E-state index is 0.186. The summed E-state index contributed by atoms with van der Waals surface area (Å²) in [5.41, 5.74) is 5.10. The Labute approximate surface area is 121 Å². The van der Waals surface area contributed by atoms with Crippen LogP contribution in [-0.2, 0) is 0 Å². The maximum atomic E-state index is 11.9. The topological polar surface area (TPSA) is 54.6 Å². The van der Waals surface area contributed by atoms with Gasteiger partial charge >= 0.3 is 0 Å². The average molecular weight is 288 g/mol. The van der Waals surface area contributed by atoms with E-state index in [4.69, 9.17) is 4.42 Å². The number of nitrogens with zero attached hydrogens (tertiary/aromatic N) is 1. The lowest BCUT2D eigenvalue weighted by atomic mass is 10.2. The van der Waals surface area contributed by atoms with E-state index in [1.165, 1.54) is 0 Å². The lowest BCUT2D eigenvalue weighted by Crippen LogP contribution is -2.17. The smallest absolute Gasteiger partial charge is 0.272 e. The van der Waals surface area contributed by atoms with Gasteiger partial charge in [0.05, 0.1) is 18.0 Å². The first-order chi connectivity index (χ1) is 9.58. The molecule has 0 saturated heterocycles. The summed E-state index contributed by atoms with van der Waals surface area (Å²) in [6.07, 6.45) is 5.05. The van der Waals surface area contributed by atoms with E-state index < -0.39 is 0 Å². The van der Waals surface area contributed by atoms with Crippen molar-refractivity contribution < 1.29 is 9.21 Å². The highest BCUT2D eigenvalue weighted by atomic mass is 32.1. The predicted molar refractivity (Wildman–Crippen MR) is 82.1 cm³/mol. The fourth-order valence-corrected chi connectivity index (χ4v) is 2.49. The standard InChI is InChI=1S/C15H16N2O2S/c1-10(7-13-5-4-6-19-13)8-16-17-15(18)14-9-20-12(3)11(14)2/h4-9H,1-3H3,(H,17,18)/b10-7+,16-8-. The maximum Gasteiger partial charge on any atom is 0.272 e. The molecule has 0 fully saturated rings. The summed E-state index contributed by atoms with van der Waals surface area (Å²) in [5.74, 6) is 0.568. The van der Waals surface area contributed by atoms with E-state index in [0.29, 0.717) is 5.56 Å². The van der Waals surface area contributed by atoms with Gasteiger partial charge in [-0.15, -0.1) is 11.3 Å².